The average Bonchev–Trinajstić information content (AvgIpc) is 2.70. The maximum absolute atomic E-state index is 9.25. The first-order valence-corrected chi connectivity index (χ1v) is 6.00. The molecular weight excluding hydrogens is 246 g/mol. The molecule has 0 bridgehead atoms. The highest BCUT2D eigenvalue weighted by atomic mass is 32.1. The summed E-state index contributed by atoms with van der Waals surface area (Å²) < 4.78 is 22.4. The summed E-state index contributed by atoms with van der Waals surface area (Å²) in [6.45, 7) is 3.53. The van der Waals surface area contributed by atoms with Gasteiger partial charge in [-0.2, -0.15) is 0 Å². The molecule has 3 heterocycles. The van der Waals surface area contributed by atoms with Crippen LogP contribution in [0.2, 0.25) is 0 Å². The molecule has 7 heteroatoms. The Bertz CT molecular complexity index is 350. The summed E-state index contributed by atoms with van der Waals surface area (Å²) in [6, 6.07) is -0.139. The van der Waals surface area contributed by atoms with Crippen molar-refractivity contribution in [2.24, 2.45) is 0 Å². The second kappa shape index (κ2) is 3.76. The Balaban J connectivity index is 1.81. The molecule has 0 aromatic heterocycles. The zero-order chi connectivity index (χ0) is 12.2. The Morgan fingerprint density at radius 3 is 2.82 bits per heavy atom. The molecule has 6 nitrogen and oxygen atoms in total. The van der Waals surface area contributed by atoms with Crippen LogP contribution in [-0.4, -0.2) is 53.3 Å². The monoisotopic (exact) mass is 261 g/mol. The van der Waals surface area contributed by atoms with Crippen LogP contribution in [0.5, 0.6) is 0 Å². The lowest BCUT2D eigenvalue weighted by Gasteiger charge is -2.35. The molecule has 0 aliphatic carbocycles. The summed E-state index contributed by atoms with van der Waals surface area (Å²) >= 11 is 4.99. The van der Waals surface area contributed by atoms with E-state index in [1.165, 1.54) is 0 Å². The van der Waals surface area contributed by atoms with Crippen molar-refractivity contribution in [3.8, 4) is 0 Å². The fourth-order valence-corrected chi connectivity index (χ4v) is 2.79. The van der Waals surface area contributed by atoms with E-state index in [0.717, 1.165) is 0 Å². The molecule has 3 saturated heterocycles. The number of nitrogens with one attached hydrogen (secondary N) is 1. The Kier molecular flexibility index (Phi) is 2.57. The van der Waals surface area contributed by atoms with Crippen molar-refractivity contribution in [2.75, 3.05) is 6.61 Å². The minimum Gasteiger partial charge on any atom is -0.462 e. The predicted octanol–water partition coefficient (Wildman–Crippen LogP) is -0.503. The molecule has 0 spiro atoms. The van der Waals surface area contributed by atoms with Crippen molar-refractivity contribution >= 4 is 17.4 Å². The van der Waals surface area contributed by atoms with Gasteiger partial charge in [0.15, 0.2) is 18.2 Å². The minimum atomic E-state index is -0.656. The van der Waals surface area contributed by atoms with Crippen LogP contribution in [0.4, 0.5) is 0 Å². The minimum absolute atomic E-state index is 0.139. The molecule has 0 aromatic carbocycles. The van der Waals surface area contributed by atoms with E-state index in [9.17, 15) is 5.11 Å². The van der Waals surface area contributed by atoms with Gasteiger partial charge in [-0.1, -0.05) is 0 Å². The van der Waals surface area contributed by atoms with E-state index in [2.05, 4.69) is 5.32 Å². The molecule has 96 valence electrons. The topological polar surface area (TPSA) is 69.2 Å². The van der Waals surface area contributed by atoms with Crippen molar-refractivity contribution in [1.29, 1.82) is 0 Å². The highest BCUT2D eigenvalue weighted by Gasteiger charge is 2.58. The lowest BCUT2D eigenvalue weighted by atomic mass is 10.0. The van der Waals surface area contributed by atoms with Gasteiger partial charge in [-0.25, -0.2) is 0 Å². The molecule has 0 radical (unpaired) electrons. The van der Waals surface area contributed by atoms with Gasteiger partial charge in [0.05, 0.1) is 12.6 Å². The summed E-state index contributed by atoms with van der Waals surface area (Å²) in [7, 11) is 0. The van der Waals surface area contributed by atoms with Crippen LogP contribution in [0.1, 0.15) is 13.8 Å². The average molecular weight is 261 g/mol. The lowest BCUT2D eigenvalue weighted by Crippen LogP contribution is -2.58. The smallest absolute Gasteiger partial charge is 0.257 e. The summed E-state index contributed by atoms with van der Waals surface area (Å²) in [5.41, 5.74) is 0. The van der Waals surface area contributed by atoms with E-state index >= 15 is 0 Å². The van der Waals surface area contributed by atoms with Gasteiger partial charge in [0, 0.05) is 0 Å². The van der Waals surface area contributed by atoms with Crippen molar-refractivity contribution in [3.63, 3.8) is 0 Å². The van der Waals surface area contributed by atoms with Gasteiger partial charge in [0.1, 0.15) is 12.2 Å². The Labute approximate surface area is 104 Å². The van der Waals surface area contributed by atoms with E-state index in [1.54, 1.807) is 0 Å². The number of aliphatic hydroxyl groups excluding tert-OH is 1. The van der Waals surface area contributed by atoms with E-state index in [-0.39, 0.29) is 30.0 Å². The second-order valence-corrected chi connectivity index (χ2v) is 5.24. The molecule has 2 N–H and O–H groups in total. The molecule has 3 aliphatic heterocycles. The molecular formula is C10H15NO5S. The standard InChI is InChI=1S/C10H15NO5S/c1-10(2)15-7-5-6(14-8(7)16-10)4(3-12)13-9(17)11-5/h4-8,12H,3H2,1-2H3,(H,11,17)/t4-,5-,6+,7+,8+/m0/s1. The zero-order valence-corrected chi connectivity index (χ0v) is 10.4. The van der Waals surface area contributed by atoms with Gasteiger partial charge in [0.2, 0.25) is 0 Å². The van der Waals surface area contributed by atoms with Gasteiger partial charge in [0.25, 0.3) is 5.17 Å². The van der Waals surface area contributed by atoms with E-state index in [4.69, 9.17) is 31.2 Å². The van der Waals surface area contributed by atoms with Gasteiger partial charge < -0.3 is 29.4 Å². The number of hydrogen-bond acceptors (Lipinski definition) is 6. The van der Waals surface area contributed by atoms with Gasteiger partial charge >= 0.3 is 0 Å². The molecule has 5 atom stereocenters. The molecule has 0 unspecified atom stereocenters. The van der Waals surface area contributed by atoms with Crippen LogP contribution >= 0.6 is 12.2 Å². The fraction of sp³-hybridized carbons (Fsp3) is 0.900. The van der Waals surface area contributed by atoms with Gasteiger partial charge in [-0.15, -0.1) is 0 Å². The summed E-state index contributed by atoms with van der Waals surface area (Å²) in [6.07, 6.45) is -1.44. The number of fused-ring (bicyclic) bond motifs is 3. The van der Waals surface area contributed by atoms with Crippen LogP contribution in [0.15, 0.2) is 0 Å². The first kappa shape index (κ1) is 11.6. The fourth-order valence-electron chi connectivity index (χ4n) is 2.53. The normalized spacial score (nSPS) is 47.0. The molecule has 3 fully saturated rings. The zero-order valence-electron chi connectivity index (χ0n) is 9.58. The van der Waals surface area contributed by atoms with Crippen LogP contribution < -0.4 is 5.32 Å². The highest BCUT2D eigenvalue weighted by Crippen LogP contribution is 2.39. The number of thiocarbonyl (C=S) groups is 1. The lowest BCUT2D eigenvalue weighted by molar-refractivity contribution is -0.220. The Hall–Kier alpha value is -0.470. The Morgan fingerprint density at radius 2 is 2.12 bits per heavy atom. The number of hydrogen-bond donors (Lipinski definition) is 2. The number of ether oxygens (including phenoxy) is 4. The van der Waals surface area contributed by atoms with Crippen LogP contribution in [0.3, 0.4) is 0 Å². The summed E-state index contributed by atoms with van der Waals surface area (Å²) in [5, 5.41) is 12.5. The molecule has 0 amide bonds. The second-order valence-electron chi connectivity index (χ2n) is 4.87. The first-order chi connectivity index (χ1) is 8.00. The van der Waals surface area contributed by atoms with Crippen LogP contribution in [0, 0.1) is 0 Å². The predicted molar refractivity (Wildman–Crippen MR) is 60.2 cm³/mol. The third kappa shape index (κ3) is 1.82. The third-order valence-electron chi connectivity index (χ3n) is 3.18. The first-order valence-electron chi connectivity index (χ1n) is 5.59. The van der Waals surface area contributed by atoms with Crippen molar-refractivity contribution < 1.29 is 24.1 Å². The Morgan fingerprint density at radius 1 is 1.35 bits per heavy atom. The quantitative estimate of drug-likeness (QED) is 0.616. The van der Waals surface area contributed by atoms with Crippen LogP contribution in [-0.2, 0) is 18.9 Å². The van der Waals surface area contributed by atoms with Gasteiger partial charge in [-0.3, -0.25) is 0 Å². The van der Waals surface area contributed by atoms with E-state index < -0.39 is 18.2 Å². The largest absolute Gasteiger partial charge is 0.462 e. The van der Waals surface area contributed by atoms with E-state index in [1.807, 2.05) is 13.8 Å². The maximum atomic E-state index is 9.25. The molecule has 3 rings (SSSR count). The molecule has 17 heavy (non-hydrogen) atoms. The van der Waals surface area contributed by atoms with Gasteiger partial charge in [-0.05, 0) is 26.1 Å². The molecule has 3 aliphatic rings. The van der Waals surface area contributed by atoms with Crippen molar-refractivity contribution in [3.05, 3.63) is 0 Å². The van der Waals surface area contributed by atoms with E-state index in [0.29, 0.717) is 0 Å². The highest BCUT2D eigenvalue weighted by molar-refractivity contribution is 7.80. The van der Waals surface area contributed by atoms with Crippen molar-refractivity contribution in [1.82, 2.24) is 5.32 Å². The summed E-state index contributed by atoms with van der Waals surface area (Å²) in [4.78, 5) is 0. The third-order valence-corrected chi connectivity index (χ3v) is 3.39. The molecule has 0 aromatic rings. The summed E-state index contributed by atoms with van der Waals surface area (Å²) in [5.74, 6) is -0.656. The molecule has 0 saturated carbocycles. The van der Waals surface area contributed by atoms with Crippen molar-refractivity contribution in [2.45, 2.75) is 50.3 Å². The SMILES string of the molecule is CC1(C)O[C@H]2O[C@H]3[C@H](NC(=S)O[C@H]3CO)[C@H]2O1. The maximum Gasteiger partial charge on any atom is 0.257 e. The number of aliphatic hydroxyl groups is 1. The van der Waals surface area contributed by atoms with Crippen LogP contribution in [0.25, 0.3) is 0 Å². The number of rotatable bonds is 1.